The number of ketones is 2. The summed E-state index contributed by atoms with van der Waals surface area (Å²) in [5.74, 6) is 0.124. The molecule has 2 aromatic carbocycles. The van der Waals surface area contributed by atoms with Gasteiger partial charge in [-0.05, 0) is 62.6 Å². The fourth-order valence-electron chi connectivity index (χ4n) is 3.30. The molecule has 6 heteroatoms. The minimum Gasteiger partial charge on any atom is -0.507 e. The molecule has 0 heterocycles. The maximum atomic E-state index is 12.3. The van der Waals surface area contributed by atoms with Crippen LogP contribution in [0.15, 0.2) is 36.4 Å². The van der Waals surface area contributed by atoms with Gasteiger partial charge in [0.1, 0.15) is 18.1 Å². The first kappa shape index (κ1) is 24.1. The molecule has 0 unspecified atom stereocenters. The number of carbonyl (C=O) groups is 3. The molecule has 0 aliphatic carbocycles. The summed E-state index contributed by atoms with van der Waals surface area (Å²) in [5.41, 5.74) is 2.43. The van der Waals surface area contributed by atoms with Crippen molar-refractivity contribution in [3.8, 4) is 11.5 Å². The molecule has 0 aliphatic heterocycles. The van der Waals surface area contributed by atoms with Crippen molar-refractivity contribution in [2.75, 3.05) is 6.61 Å². The second-order valence-corrected chi connectivity index (χ2v) is 7.30. The monoisotopic (exact) mass is 426 g/mol. The molecule has 0 amide bonds. The van der Waals surface area contributed by atoms with Crippen LogP contribution in [0.3, 0.4) is 0 Å². The topological polar surface area (TPSA) is 89.9 Å². The standard InChI is InChI=1S/C25H30O6/c1-4-7-22-19(12-15-21(17(3)26)25(22)29)16-31-20-13-10-18(11-14-20)23(27)8-6-9-24(28)30-5-2/h10-15,29H,4-9,16H2,1-3H3. The SMILES string of the molecule is CCCc1c(COc2ccc(C(=O)CCCC(=O)OCC)cc2)ccc(C(C)=O)c1O. The van der Waals surface area contributed by atoms with Crippen molar-refractivity contribution in [2.45, 2.75) is 59.5 Å². The highest BCUT2D eigenvalue weighted by molar-refractivity contribution is 5.97. The van der Waals surface area contributed by atoms with E-state index in [-0.39, 0.29) is 42.7 Å². The Labute approximate surface area is 183 Å². The number of aromatic hydroxyl groups is 1. The van der Waals surface area contributed by atoms with Crippen LogP contribution in [-0.4, -0.2) is 29.2 Å². The van der Waals surface area contributed by atoms with E-state index in [0.29, 0.717) is 36.3 Å². The summed E-state index contributed by atoms with van der Waals surface area (Å²) in [6.07, 6.45) is 2.44. The Hall–Kier alpha value is -3.15. The van der Waals surface area contributed by atoms with E-state index in [9.17, 15) is 19.5 Å². The summed E-state index contributed by atoms with van der Waals surface area (Å²) in [4.78, 5) is 35.3. The van der Waals surface area contributed by atoms with Crippen molar-refractivity contribution < 1.29 is 29.0 Å². The molecule has 0 radical (unpaired) electrons. The molecule has 0 saturated carbocycles. The average molecular weight is 427 g/mol. The first-order chi connectivity index (χ1) is 14.9. The van der Waals surface area contributed by atoms with Gasteiger partial charge in [0.2, 0.25) is 0 Å². The Morgan fingerprint density at radius 2 is 1.68 bits per heavy atom. The lowest BCUT2D eigenvalue weighted by Crippen LogP contribution is -2.06. The van der Waals surface area contributed by atoms with Crippen molar-refractivity contribution in [1.82, 2.24) is 0 Å². The first-order valence-electron chi connectivity index (χ1n) is 10.6. The third-order valence-electron chi connectivity index (χ3n) is 4.92. The minimum absolute atomic E-state index is 0.0270. The van der Waals surface area contributed by atoms with Crippen molar-refractivity contribution >= 4 is 17.5 Å². The summed E-state index contributed by atoms with van der Waals surface area (Å²) in [7, 11) is 0. The van der Waals surface area contributed by atoms with Crippen LogP contribution in [-0.2, 0) is 22.6 Å². The van der Waals surface area contributed by atoms with Gasteiger partial charge in [-0.1, -0.05) is 19.4 Å². The normalized spacial score (nSPS) is 10.5. The number of carbonyl (C=O) groups excluding carboxylic acids is 3. The maximum absolute atomic E-state index is 12.3. The number of hydrogen-bond donors (Lipinski definition) is 1. The zero-order chi connectivity index (χ0) is 22.8. The van der Waals surface area contributed by atoms with E-state index in [1.165, 1.54) is 6.92 Å². The molecule has 0 spiro atoms. The third kappa shape index (κ3) is 6.95. The zero-order valence-electron chi connectivity index (χ0n) is 18.4. The summed E-state index contributed by atoms with van der Waals surface area (Å²) in [6, 6.07) is 10.3. The van der Waals surface area contributed by atoms with Crippen LogP contribution in [0.2, 0.25) is 0 Å². The van der Waals surface area contributed by atoms with Crippen LogP contribution in [0.4, 0.5) is 0 Å². The molecular weight excluding hydrogens is 396 g/mol. The molecule has 0 saturated heterocycles. The second kappa shape index (κ2) is 11.9. The molecule has 2 rings (SSSR count). The van der Waals surface area contributed by atoms with E-state index >= 15 is 0 Å². The summed E-state index contributed by atoms with van der Waals surface area (Å²) < 4.78 is 10.7. The van der Waals surface area contributed by atoms with E-state index in [0.717, 1.165) is 17.5 Å². The van der Waals surface area contributed by atoms with E-state index in [2.05, 4.69) is 0 Å². The van der Waals surface area contributed by atoms with Crippen molar-refractivity contribution in [1.29, 1.82) is 0 Å². The lowest BCUT2D eigenvalue weighted by molar-refractivity contribution is -0.143. The van der Waals surface area contributed by atoms with Crippen molar-refractivity contribution in [2.24, 2.45) is 0 Å². The summed E-state index contributed by atoms with van der Waals surface area (Å²) in [6.45, 7) is 5.78. The molecule has 31 heavy (non-hydrogen) atoms. The largest absolute Gasteiger partial charge is 0.507 e. The third-order valence-corrected chi connectivity index (χ3v) is 4.92. The molecule has 0 atom stereocenters. The van der Waals surface area contributed by atoms with Gasteiger partial charge in [0.25, 0.3) is 0 Å². The highest BCUT2D eigenvalue weighted by atomic mass is 16.5. The number of ether oxygens (including phenoxy) is 2. The van der Waals surface area contributed by atoms with Crippen LogP contribution in [0.5, 0.6) is 11.5 Å². The lowest BCUT2D eigenvalue weighted by Gasteiger charge is -2.14. The second-order valence-electron chi connectivity index (χ2n) is 7.30. The fraction of sp³-hybridized carbons (Fsp3) is 0.400. The Morgan fingerprint density at radius 1 is 0.968 bits per heavy atom. The predicted octanol–water partition coefficient (Wildman–Crippen LogP) is 5.04. The van der Waals surface area contributed by atoms with Gasteiger partial charge in [-0.3, -0.25) is 14.4 Å². The van der Waals surface area contributed by atoms with Crippen LogP contribution < -0.4 is 4.74 Å². The number of phenolic OH excluding ortho intramolecular Hbond substituents is 1. The van der Waals surface area contributed by atoms with Gasteiger partial charge >= 0.3 is 5.97 Å². The molecule has 1 N–H and O–H groups in total. The molecule has 0 fully saturated rings. The zero-order valence-corrected chi connectivity index (χ0v) is 18.4. The lowest BCUT2D eigenvalue weighted by atomic mass is 9.97. The average Bonchev–Trinajstić information content (AvgIpc) is 2.74. The van der Waals surface area contributed by atoms with Gasteiger partial charge in [-0.15, -0.1) is 0 Å². The summed E-state index contributed by atoms with van der Waals surface area (Å²) in [5, 5.41) is 10.5. The highest BCUT2D eigenvalue weighted by Gasteiger charge is 2.15. The Balaban J connectivity index is 1.98. The van der Waals surface area contributed by atoms with Crippen LogP contribution >= 0.6 is 0 Å². The van der Waals surface area contributed by atoms with E-state index in [1.807, 2.05) is 13.0 Å². The Bertz CT molecular complexity index is 914. The van der Waals surface area contributed by atoms with Gasteiger partial charge in [0.05, 0.1) is 12.2 Å². The molecule has 0 aliphatic rings. The first-order valence-corrected chi connectivity index (χ1v) is 10.6. The summed E-state index contributed by atoms with van der Waals surface area (Å²) >= 11 is 0. The molecule has 6 nitrogen and oxygen atoms in total. The van der Waals surface area contributed by atoms with Crippen molar-refractivity contribution in [3.05, 3.63) is 58.7 Å². The molecule has 2 aromatic rings. The molecule has 0 aromatic heterocycles. The maximum Gasteiger partial charge on any atom is 0.305 e. The smallest absolute Gasteiger partial charge is 0.305 e. The number of rotatable bonds is 12. The fourth-order valence-corrected chi connectivity index (χ4v) is 3.30. The quantitative estimate of drug-likeness (QED) is 0.378. The van der Waals surface area contributed by atoms with Gasteiger partial charge < -0.3 is 14.6 Å². The van der Waals surface area contributed by atoms with Crippen LogP contribution in [0.25, 0.3) is 0 Å². The molecular formula is C25H30O6. The number of esters is 1. The van der Waals surface area contributed by atoms with Gasteiger partial charge in [0.15, 0.2) is 11.6 Å². The molecule has 0 bridgehead atoms. The highest BCUT2D eigenvalue weighted by Crippen LogP contribution is 2.29. The Morgan fingerprint density at radius 3 is 2.29 bits per heavy atom. The van der Waals surface area contributed by atoms with E-state index in [4.69, 9.17) is 9.47 Å². The molecule has 166 valence electrons. The number of phenols is 1. The Kier molecular flexibility index (Phi) is 9.25. The predicted molar refractivity (Wildman–Crippen MR) is 118 cm³/mol. The minimum atomic E-state index is -0.288. The van der Waals surface area contributed by atoms with Crippen LogP contribution in [0.1, 0.15) is 78.3 Å². The number of hydrogen-bond acceptors (Lipinski definition) is 6. The van der Waals surface area contributed by atoms with Crippen LogP contribution in [0, 0.1) is 0 Å². The van der Waals surface area contributed by atoms with E-state index in [1.54, 1.807) is 37.3 Å². The van der Waals surface area contributed by atoms with Gasteiger partial charge in [-0.2, -0.15) is 0 Å². The van der Waals surface area contributed by atoms with Crippen molar-refractivity contribution in [3.63, 3.8) is 0 Å². The van der Waals surface area contributed by atoms with E-state index < -0.39 is 0 Å². The van der Waals surface area contributed by atoms with Gasteiger partial charge in [-0.25, -0.2) is 0 Å². The number of benzene rings is 2. The van der Waals surface area contributed by atoms with Gasteiger partial charge in [0, 0.05) is 24.0 Å². The number of Topliss-reactive ketones (excluding diaryl/α,β-unsaturated/α-hetero) is 2.